The van der Waals surface area contributed by atoms with E-state index in [4.69, 9.17) is 0 Å². The predicted molar refractivity (Wildman–Crippen MR) is 67.5 cm³/mol. The zero-order valence-electron chi connectivity index (χ0n) is 10.5. The highest BCUT2D eigenvalue weighted by molar-refractivity contribution is 5.80. The van der Waals surface area contributed by atoms with Crippen LogP contribution in [0.2, 0.25) is 0 Å². The van der Waals surface area contributed by atoms with Gasteiger partial charge in [0, 0.05) is 11.7 Å². The number of carbonyl (C=O) groups is 1. The van der Waals surface area contributed by atoms with Crippen LogP contribution in [0.25, 0.3) is 0 Å². The Balaban J connectivity index is 2.45. The maximum absolute atomic E-state index is 13.2. The highest BCUT2D eigenvalue weighted by Crippen LogP contribution is 2.12. The number of carbonyl (C=O) groups excluding carboxylic acids is 1. The van der Waals surface area contributed by atoms with Crippen LogP contribution in [0, 0.1) is 12.7 Å². The van der Waals surface area contributed by atoms with Crippen LogP contribution >= 0.6 is 0 Å². The van der Waals surface area contributed by atoms with E-state index in [-0.39, 0.29) is 24.3 Å². The molecule has 0 spiro atoms. The molecule has 1 unspecified atom stereocenters. The smallest absolute Gasteiger partial charge is 0.239 e. The minimum Gasteiger partial charge on any atom is -0.376 e. The SMILES string of the molecule is CCC(C)NC(=O)CNc1ccc(C)c(F)c1. The van der Waals surface area contributed by atoms with Crippen LogP contribution in [-0.2, 0) is 4.79 Å². The van der Waals surface area contributed by atoms with E-state index in [1.165, 1.54) is 6.07 Å². The van der Waals surface area contributed by atoms with E-state index in [2.05, 4.69) is 10.6 Å². The molecule has 0 aliphatic heterocycles. The molecule has 0 heterocycles. The summed E-state index contributed by atoms with van der Waals surface area (Å²) < 4.78 is 13.2. The van der Waals surface area contributed by atoms with E-state index in [9.17, 15) is 9.18 Å². The van der Waals surface area contributed by atoms with Gasteiger partial charge in [0.1, 0.15) is 5.82 Å². The first-order valence-electron chi connectivity index (χ1n) is 5.82. The van der Waals surface area contributed by atoms with Gasteiger partial charge in [-0.1, -0.05) is 13.0 Å². The highest BCUT2D eigenvalue weighted by Gasteiger charge is 2.05. The fourth-order valence-electron chi connectivity index (χ4n) is 1.31. The van der Waals surface area contributed by atoms with Gasteiger partial charge in [-0.25, -0.2) is 4.39 Å². The maximum Gasteiger partial charge on any atom is 0.239 e. The van der Waals surface area contributed by atoms with Gasteiger partial charge in [-0.15, -0.1) is 0 Å². The fraction of sp³-hybridized carbons (Fsp3) is 0.462. The third-order valence-corrected chi connectivity index (χ3v) is 2.64. The molecule has 1 aromatic rings. The van der Waals surface area contributed by atoms with E-state index >= 15 is 0 Å². The second-order valence-corrected chi connectivity index (χ2v) is 4.19. The first-order valence-corrected chi connectivity index (χ1v) is 5.82. The van der Waals surface area contributed by atoms with Crippen LogP contribution in [0.1, 0.15) is 25.8 Å². The van der Waals surface area contributed by atoms with E-state index in [1.54, 1.807) is 19.1 Å². The van der Waals surface area contributed by atoms with Crippen LogP contribution in [0.3, 0.4) is 0 Å². The third kappa shape index (κ3) is 4.43. The van der Waals surface area contributed by atoms with Gasteiger partial charge >= 0.3 is 0 Å². The zero-order valence-corrected chi connectivity index (χ0v) is 10.5. The molecule has 94 valence electrons. The fourth-order valence-corrected chi connectivity index (χ4v) is 1.31. The lowest BCUT2D eigenvalue weighted by Gasteiger charge is -2.12. The summed E-state index contributed by atoms with van der Waals surface area (Å²) in [6, 6.07) is 5.00. The van der Waals surface area contributed by atoms with Gasteiger partial charge in [-0.05, 0) is 38.0 Å². The van der Waals surface area contributed by atoms with Gasteiger partial charge in [0.25, 0.3) is 0 Å². The van der Waals surface area contributed by atoms with Crippen LogP contribution < -0.4 is 10.6 Å². The first kappa shape index (κ1) is 13.5. The number of aryl methyl sites for hydroxylation is 1. The summed E-state index contributed by atoms with van der Waals surface area (Å²) in [5, 5.41) is 5.72. The quantitative estimate of drug-likeness (QED) is 0.827. The summed E-state index contributed by atoms with van der Waals surface area (Å²) in [4.78, 5) is 11.5. The van der Waals surface area contributed by atoms with Crippen molar-refractivity contribution in [2.24, 2.45) is 0 Å². The normalized spacial score (nSPS) is 12.0. The van der Waals surface area contributed by atoms with Gasteiger partial charge < -0.3 is 10.6 Å². The Hall–Kier alpha value is -1.58. The van der Waals surface area contributed by atoms with Gasteiger partial charge in [0.05, 0.1) is 6.54 Å². The van der Waals surface area contributed by atoms with Crippen molar-refractivity contribution in [2.75, 3.05) is 11.9 Å². The molecule has 3 nitrogen and oxygen atoms in total. The standard InChI is InChI=1S/C13H19FN2O/c1-4-10(3)16-13(17)8-15-11-6-5-9(2)12(14)7-11/h5-7,10,15H,4,8H2,1-3H3,(H,16,17). The molecule has 0 saturated heterocycles. The monoisotopic (exact) mass is 238 g/mol. The number of benzene rings is 1. The van der Waals surface area contributed by atoms with Gasteiger partial charge in [0.2, 0.25) is 5.91 Å². The average Bonchev–Trinajstić information content (AvgIpc) is 2.30. The molecule has 0 radical (unpaired) electrons. The second kappa shape index (κ2) is 6.23. The summed E-state index contributed by atoms with van der Waals surface area (Å²) in [7, 11) is 0. The first-order chi connectivity index (χ1) is 8.02. The van der Waals surface area contributed by atoms with Crippen molar-refractivity contribution < 1.29 is 9.18 Å². The molecule has 1 amide bonds. The van der Waals surface area contributed by atoms with Crippen molar-refractivity contribution in [3.8, 4) is 0 Å². The van der Waals surface area contributed by atoms with Crippen molar-refractivity contribution in [2.45, 2.75) is 33.2 Å². The second-order valence-electron chi connectivity index (χ2n) is 4.19. The number of rotatable bonds is 5. The van der Waals surface area contributed by atoms with Gasteiger partial charge in [-0.2, -0.15) is 0 Å². The van der Waals surface area contributed by atoms with Crippen LogP contribution in [-0.4, -0.2) is 18.5 Å². The summed E-state index contributed by atoms with van der Waals surface area (Å²) in [5.41, 5.74) is 1.21. The Labute approximate surface area is 101 Å². The van der Waals surface area contributed by atoms with Crippen molar-refractivity contribution in [3.63, 3.8) is 0 Å². The van der Waals surface area contributed by atoms with E-state index in [1.807, 2.05) is 13.8 Å². The number of amides is 1. The van der Waals surface area contributed by atoms with Crippen LogP contribution in [0.15, 0.2) is 18.2 Å². The summed E-state index contributed by atoms with van der Waals surface area (Å²) >= 11 is 0. The molecule has 1 rings (SSSR count). The molecule has 2 N–H and O–H groups in total. The molecular formula is C13H19FN2O. The molecule has 4 heteroatoms. The molecule has 17 heavy (non-hydrogen) atoms. The summed E-state index contributed by atoms with van der Waals surface area (Å²) in [6.45, 7) is 5.82. The van der Waals surface area contributed by atoms with Crippen molar-refractivity contribution in [3.05, 3.63) is 29.6 Å². The van der Waals surface area contributed by atoms with Crippen molar-refractivity contribution in [1.29, 1.82) is 0 Å². The number of anilines is 1. The van der Waals surface area contributed by atoms with Crippen LogP contribution in [0.5, 0.6) is 0 Å². The molecule has 0 aromatic heterocycles. The third-order valence-electron chi connectivity index (χ3n) is 2.64. The molecule has 0 saturated carbocycles. The maximum atomic E-state index is 13.2. The molecule has 1 aromatic carbocycles. The lowest BCUT2D eigenvalue weighted by atomic mass is 10.2. The van der Waals surface area contributed by atoms with Gasteiger partial charge in [0.15, 0.2) is 0 Å². The van der Waals surface area contributed by atoms with E-state index in [0.29, 0.717) is 11.3 Å². The molecule has 1 atom stereocenters. The molecule has 0 bridgehead atoms. The lowest BCUT2D eigenvalue weighted by molar-refractivity contribution is -0.120. The number of nitrogens with one attached hydrogen (secondary N) is 2. The summed E-state index contributed by atoms with van der Waals surface area (Å²) in [5.74, 6) is -0.349. The van der Waals surface area contributed by atoms with Crippen molar-refractivity contribution >= 4 is 11.6 Å². The summed E-state index contributed by atoms with van der Waals surface area (Å²) in [6.07, 6.45) is 0.894. The van der Waals surface area contributed by atoms with Crippen LogP contribution in [0.4, 0.5) is 10.1 Å². The minimum atomic E-state index is -0.266. The molecule has 0 aliphatic rings. The Kier molecular flexibility index (Phi) is 4.94. The molecular weight excluding hydrogens is 219 g/mol. The lowest BCUT2D eigenvalue weighted by Crippen LogP contribution is -2.36. The predicted octanol–water partition coefficient (Wildman–Crippen LogP) is 2.46. The molecule has 0 aliphatic carbocycles. The zero-order chi connectivity index (χ0) is 12.8. The Bertz CT molecular complexity index is 393. The van der Waals surface area contributed by atoms with E-state index < -0.39 is 0 Å². The van der Waals surface area contributed by atoms with Crippen molar-refractivity contribution in [1.82, 2.24) is 5.32 Å². The number of hydrogen-bond acceptors (Lipinski definition) is 2. The van der Waals surface area contributed by atoms with Gasteiger partial charge in [-0.3, -0.25) is 4.79 Å². The largest absolute Gasteiger partial charge is 0.376 e. The Morgan fingerprint density at radius 3 is 2.76 bits per heavy atom. The number of hydrogen-bond donors (Lipinski definition) is 2. The topological polar surface area (TPSA) is 41.1 Å². The molecule has 0 fully saturated rings. The van der Waals surface area contributed by atoms with E-state index in [0.717, 1.165) is 6.42 Å². The number of halogens is 1. The Morgan fingerprint density at radius 2 is 2.18 bits per heavy atom. The Morgan fingerprint density at radius 1 is 1.47 bits per heavy atom. The highest BCUT2D eigenvalue weighted by atomic mass is 19.1. The minimum absolute atomic E-state index is 0.0830. The average molecular weight is 238 g/mol.